The van der Waals surface area contributed by atoms with E-state index >= 15 is 0 Å². The first-order chi connectivity index (χ1) is 5.18. The van der Waals surface area contributed by atoms with E-state index in [-0.39, 0.29) is 0 Å². The molecule has 2 nitrogen and oxygen atoms in total. The number of benzene rings is 1. The van der Waals surface area contributed by atoms with Crippen LogP contribution in [0.5, 0.6) is 0 Å². The topological polar surface area (TPSA) is 29.1 Å². The molecule has 1 aromatic rings. The summed E-state index contributed by atoms with van der Waals surface area (Å²) < 4.78 is 1.12. The second-order valence-electron chi connectivity index (χ2n) is 1.91. The van der Waals surface area contributed by atoms with Crippen molar-refractivity contribution in [2.75, 3.05) is 5.32 Å². The summed E-state index contributed by atoms with van der Waals surface area (Å²) in [5.74, 6) is 0. The molecule has 0 spiro atoms. The first-order valence-corrected chi connectivity index (χ1v) is 4.36. The van der Waals surface area contributed by atoms with E-state index in [9.17, 15) is 4.79 Å². The maximum absolute atomic E-state index is 10.4. The SMILES string of the molecule is O=C(Cl)Nc1ccc(I)cc1. The third kappa shape index (κ3) is 3.07. The van der Waals surface area contributed by atoms with Gasteiger partial charge >= 0.3 is 5.37 Å². The maximum Gasteiger partial charge on any atom is 0.318 e. The first-order valence-electron chi connectivity index (χ1n) is 2.90. The summed E-state index contributed by atoms with van der Waals surface area (Å²) >= 11 is 7.28. The molecule has 58 valence electrons. The molecule has 0 fully saturated rings. The summed E-state index contributed by atoms with van der Waals surface area (Å²) in [7, 11) is 0. The highest BCUT2D eigenvalue weighted by molar-refractivity contribution is 14.1. The number of carbonyl (C=O) groups excluding carboxylic acids is 1. The lowest BCUT2D eigenvalue weighted by molar-refractivity contribution is 0.269. The summed E-state index contributed by atoms with van der Waals surface area (Å²) in [6, 6.07) is 7.37. The smallest absolute Gasteiger partial charge is 0.312 e. The standard InChI is InChI=1S/C7H5ClINO/c8-7(11)10-6-3-1-5(9)2-4-6/h1-4H,(H,10,11). The van der Waals surface area contributed by atoms with Crippen molar-refractivity contribution < 1.29 is 4.79 Å². The number of carbonyl (C=O) groups is 1. The van der Waals surface area contributed by atoms with Gasteiger partial charge in [-0.1, -0.05) is 0 Å². The fourth-order valence-corrected chi connectivity index (χ4v) is 1.12. The minimum Gasteiger partial charge on any atom is -0.312 e. The average Bonchev–Trinajstić information content (AvgIpc) is 1.93. The minimum absolute atomic E-state index is 0.564. The predicted octanol–water partition coefficient (Wildman–Crippen LogP) is 3.06. The third-order valence-electron chi connectivity index (χ3n) is 1.09. The first kappa shape index (κ1) is 8.80. The molecule has 4 heteroatoms. The lowest BCUT2D eigenvalue weighted by Crippen LogP contribution is -2.00. The summed E-state index contributed by atoms with van der Waals surface area (Å²) in [6.07, 6.45) is 0. The van der Waals surface area contributed by atoms with Gasteiger partial charge in [-0.15, -0.1) is 0 Å². The second-order valence-corrected chi connectivity index (χ2v) is 3.49. The Kier molecular flexibility index (Phi) is 3.14. The predicted molar refractivity (Wildman–Crippen MR) is 54.0 cm³/mol. The molecule has 11 heavy (non-hydrogen) atoms. The Bertz CT molecular complexity index is 260. The van der Waals surface area contributed by atoms with Crippen LogP contribution in [-0.2, 0) is 0 Å². The Balaban J connectivity index is 2.74. The molecule has 1 N–H and O–H groups in total. The van der Waals surface area contributed by atoms with E-state index in [1.165, 1.54) is 0 Å². The molecule has 1 aromatic carbocycles. The van der Waals surface area contributed by atoms with Crippen LogP contribution in [-0.4, -0.2) is 5.37 Å². The molecule has 0 unspecified atom stereocenters. The number of amides is 1. The molecule has 0 radical (unpaired) electrons. The van der Waals surface area contributed by atoms with Crippen molar-refractivity contribution in [2.45, 2.75) is 0 Å². The number of hydrogen-bond acceptors (Lipinski definition) is 1. The van der Waals surface area contributed by atoms with Gasteiger partial charge in [-0.3, -0.25) is 4.79 Å². The zero-order chi connectivity index (χ0) is 8.27. The highest BCUT2D eigenvalue weighted by Gasteiger charge is 1.94. The van der Waals surface area contributed by atoms with Crippen LogP contribution in [0.1, 0.15) is 0 Å². The average molecular weight is 281 g/mol. The van der Waals surface area contributed by atoms with Gasteiger partial charge in [-0.05, 0) is 58.5 Å². The van der Waals surface area contributed by atoms with Gasteiger partial charge in [0.25, 0.3) is 0 Å². The molecule has 0 aromatic heterocycles. The lowest BCUT2D eigenvalue weighted by Gasteiger charge is -1.98. The molecule has 0 heterocycles. The quantitative estimate of drug-likeness (QED) is 0.478. The Hall–Kier alpha value is -0.290. The van der Waals surface area contributed by atoms with Gasteiger partial charge in [-0.2, -0.15) is 0 Å². The summed E-state index contributed by atoms with van der Waals surface area (Å²) in [4.78, 5) is 10.4. The molecule has 0 aliphatic heterocycles. The molecule has 1 rings (SSSR count). The Morgan fingerprint density at radius 2 is 1.91 bits per heavy atom. The van der Waals surface area contributed by atoms with Crippen molar-refractivity contribution in [3.8, 4) is 0 Å². The van der Waals surface area contributed by atoms with Crippen molar-refractivity contribution in [2.24, 2.45) is 0 Å². The van der Waals surface area contributed by atoms with E-state index in [0.29, 0.717) is 5.69 Å². The normalized spacial score (nSPS) is 9.27. The molecule has 0 saturated carbocycles. The van der Waals surface area contributed by atoms with Crippen molar-refractivity contribution in [3.05, 3.63) is 27.8 Å². The largest absolute Gasteiger partial charge is 0.318 e. The highest BCUT2D eigenvalue weighted by atomic mass is 127. The summed E-state index contributed by atoms with van der Waals surface area (Å²) in [6.45, 7) is 0. The van der Waals surface area contributed by atoms with Crippen LogP contribution in [0.2, 0.25) is 0 Å². The maximum atomic E-state index is 10.4. The van der Waals surface area contributed by atoms with Gasteiger partial charge in [0.1, 0.15) is 0 Å². The number of nitrogens with one attached hydrogen (secondary N) is 1. The third-order valence-corrected chi connectivity index (χ3v) is 1.90. The van der Waals surface area contributed by atoms with E-state index in [2.05, 4.69) is 27.9 Å². The molecular formula is C7H5ClINO. The zero-order valence-corrected chi connectivity index (χ0v) is 8.39. The lowest BCUT2D eigenvalue weighted by atomic mass is 10.3. The van der Waals surface area contributed by atoms with Crippen LogP contribution in [0.15, 0.2) is 24.3 Å². The van der Waals surface area contributed by atoms with Gasteiger partial charge in [0, 0.05) is 9.26 Å². The number of hydrogen-bond donors (Lipinski definition) is 1. The Morgan fingerprint density at radius 3 is 2.36 bits per heavy atom. The van der Waals surface area contributed by atoms with Crippen LogP contribution in [0, 0.1) is 3.57 Å². The fourth-order valence-electron chi connectivity index (χ4n) is 0.647. The van der Waals surface area contributed by atoms with Crippen LogP contribution in [0.4, 0.5) is 10.5 Å². The van der Waals surface area contributed by atoms with E-state index in [1.54, 1.807) is 12.1 Å². The van der Waals surface area contributed by atoms with Gasteiger partial charge in [0.05, 0.1) is 0 Å². The highest BCUT2D eigenvalue weighted by Crippen LogP contribution is 2.11. The monoisotopic (exact) mass is 281 g/mol. The molecule has 1 amide bonds. The molecule has 0 atom stereocenters. The van der Waals surface area contributed by atoms with Crippen LogP contribution < -0.4 is 5.32 Å². The number of anilines is 1. The van der Waals surface area contributed by atoms with E-state index in [0.717, 1.165) is 3.57 Å². The zero-order valence-electron chi connectivity index (χ0n) is 5.47. The molecular weight excluding hydrogens is 276 g/mol. The van der Waals surface area contributed by atoms with Gasteiger partial charge in [0.15, 0.2) is 0 Å². The van der Waals surface area contributed by atoms with Crippen LogP contribution in [0.25, 0.3) is 0 Å². The van der Waals surface area contributed by atoms with Crippen molar-refractivity contribution in [1.29, 1.82) is 0 Å². The number of rotatable bonds is 1. The van der Waals surface area contributed by atoms with Crippen molar-refractivity contribution >= 4 is 45.2 Å². The van der Waals surface area contributed by atoms with Crippen molar-refractivity contribution in [3.63, 3.8) is 0 Å². The van der Waals surface area contributed by atoms with Crippen LogP contribution in [0.3, 0.4) is 0 Å². The van der Waals surface area contributed by atoms with E-state index in [4.69, 9.17) is 11.6 Å². The molecule has 0 aliphatic carbocycles. The Morgan fingerprint density at radius 1 is 1.36 bits per heavy atom. The minimum atomic E-state index is -0.564. The van der Waals surface area contributed by atoms with Gasteiger partial charge < -0.3 is 5.32 Å². The number of halogens is 2. The van der Waals surface area contributed by atoms with Crippen molar-refractivity contribution in [1.82, 2.24) is 0 Å². The summed E-state index contributed by atoms with van der Waals surface area (Å²) in [5, 5.41) is 1.89. The molecule has 0 saturated heterocycles. The molecule has 0 bridgehead atoms. The van der Waals surface area contributed by atoms with E-state index < -0.39 is 5.37 Å². The van der Waals surface area contributed by atoms with E-state index in [1.807, 2.05) is 12.1 Å². The van der Waals surface area contributed by atoms with Gasteiger partial charge in [-0.25, -0.2) is 0 Å². The summed E-state index contributed by atoms with van der Waals surface area (Å²) in [5.41, 5.74) is 0.713. The van der Waals surface area contributed by atoms with Crippen LogP contribution >= 0.6 is 34.2 Å². The fraction of sp³-hybridized carbons (Fsp3) is 0. The molecule has 0 aliphatic rings. The second kappa shape index (κ2) is 3.92. The Labute approximate surface area is 83.1 Å². The van der Waals surface area contributed by atoms with Gasteiger partial charge in [0.2, 0.25) is 0 Å².